The molecule has 2 heterocycles. The van der Waals surface area contributed by atoms with Crippen molar-refractivity contribution in [3.05, 3.63) is 54.0 Å². The molecule has 0 aliphatic carbocycles. The summed E-state index contributed by atoms with van der Waals surface area (Å²) in [6.45, 7) is 9.54. The van der Waals surface area contributed by atoms with Gasteiger partial charge in [0.1, 0.15) is 11.6 Å². The molecule has 0 bridgehead atoms. The van der Waals surface area contributed by atoms with Crippen molar-refractivity contribution in [1.82, 2.24) is 14.9 Å². The van der Waals surface area contributed by atoms with Crippen LogP contribution in [0.15, 0.2) is 42.6 Å². The van der Waals surface area contributed by atoms with Crippen molar-refractivity contribution in [2.75, 3.05) is 18.0 Å². The predicted octanol–water partition coefficient (Wildman–Crippen LogP) is 3.93. The molecule has 1 aromatic heterocycles. The van der Waals surface area contributed by atoms with E-state index in [4.69, 9.17) is 10.1 Å². The molecule has 1 aliphatic heterocycles. The van der Waals surface area contributed by atoms with Crippen molar-refractivity contribution < 1.29 is 9.90 Å². The van der Waals surface area contributed by atoms with E-state index in [2.05, 4.69) is 65.9 Å². The van der Waals surface area contributed by atoms with E-state index in [0.29, 0.717) is 18.5 Å². The lowest BCUT2D eigenvalue weighted by Crippen LogP contribution is -2.56. The van der Waals surface area contributed by atoms with E-state index in [1.807, 2.05) is 12.3 Å². The Morgan fingerprint density at radius 2 is 1.86 bits per heavy atom. The Morgan fingerprint density at radius 1 is 1.17 bits per heavy atom. The topological polar surface area (TPSA) is 69.6 Å². The molecule has 1 unspecified atom stereocenters. The monoisotopic (exact) mass is 396 g/mol. The molecule has 1 aromatic carbocycles. The molecule has 0 spiro atoms. The van der Waals surface area contributed by atoms with Gasteiger partial charge in [-0.25, -0.2) is 9.97 Å². The van der Waals surface area contributed by atoms with Crippen molar-refractivity contribution in [3.63, 3.8) is 0 Å². The molecular weight excluding hydrogens is 364 g/mol. The van der Waals surface area contributed by atoms with Gasteiger partial charge in [-0.1, -0.05) is 37.3 Å². The second kappa shape index (κ2) is 9.83. The van der Waals surface area contributed by atoms with E-state index in [-0.39, 0.29) is 12.3 Å². The highest BCUT2D eigenvalue weighted by Gasteiger charge is 2.30. The summed E-state index contributed by atoms with van der Waals surface area (Å²) in [7, 11) is 0. The fraction of sp³-hybridized carbons (Fsp3) is 0.522. The summed E-state index contributed by atoms with van der Waals surface area (Å²) in [4.78, 5) is 25.0. The van der Waals surface area contributed by atoms with Crippen molar-refractivity contribution in [2.24, 2.45) is 0 Å². The lowest BCUT2D eigenvalue weighted by atomic mass is 10.0. The molecule has 2 aromatic rings. The summed E-state index contributed by atoms with van der Waals surface area (Å²) in [6.07, 6.45) is 3.46. The van der Waals surface area contributed by atoms with Gasteiger partial charge < -0.3 is 10.0 Å². The largest absolute Gasteiger partial charge is 0.481 e. The molecule has 6 heteroatoms. The zero-order valence-electron chi connectivity index (χ0n) is 17.7. The maximum atomic E-state index is 10.8. The van der Waals surface area contributed by atoms with Crippen molar-refractivity contribution in [2.45, 2.75) is 64.6 Å². The Labute approximate surface area is 173 Å². The summed E-state index contributed by atoms with van der Waals surface area (Å²) in [5, 5.41) is 8.84. The van der Waals surface area contributed by atoms with Crippen LogP contribution < -0.4 is 4.90 Å². The van der Waals surface area contributed by atoms with Gasteiger partial charge in [-0.15, -0.1) is 0 Å². The van der Waals surface area contributed by atoms with Gasteiger partial charge in [0.15, 0.2) is 0 Å². The third-order valence-corrected chi connectivity index (χ3v) is 5.64. The SMILES string of the molecule is CC(CCCC(=O)O)c1nccc(N2[C@H](C)CN(Cc3ccccc3)C[C@@H]2C)n1. The summed E-state index contributed by atoms with van der Waals surface area (Å²) in [5.41, 5.74) is 1.35. The Kier molecular flexibility index (Phi) is 7.20. The summed E-state index contributed by atoms with van der Waals surface area (Å²) < 4.78 is 0. The first-order valence-corrected chi connectivity index (χ1v) is 10.5. The maximum absolute atomic E-state index is 10.8. The van der Waals surface area contributed by atoms with Crippen molar-refractivity contribution in [1.29, 1.82) is 0 Å². The highest BCUT2D eigenvalue weighted by atomic mass is 16.4. The van der Waals surface area contributed by atoms with Crippen LogP contribution in [0.5, 0.6) is 0 Å². The first-order chi connectivity index (χ1) is 13.9. The maximum Gasteiger partial charge on any atom is 0.303 e. The van der Waals surface area contributed by atoms with Crippen molar-refractivity contribution in [3.8, 4) is 0 Å². The molecule has 1 aliphatic rings. The number of benzene rings is 1. The van der Waals surface area contributed by atoms with E-state index in [9.17, 15) is 4.79 Å². The van der Waals surface area contributed by atoms with Gasteiger partial charge in [-0.05, 0) is 38.3 Å². The second-order valence-electron chi connectivity index (χ2n) is 8.25. The van der Waals surface area contributed by atoms with Crippen LogP contribution in [0.4, 0.5) is 5.82 Å². The molecule has 0 amide bonds. The molecule has 1 saturated heterocycles. The fourth-order valence-corrected chi connectivity index (χ4v) is 4.29. The second-order valence-corrected chi connectivity index (χ2v) is 8.25. The number of carboxylic acid groups (broad SMARTS) is 1. The summed E-state index contributed by atoms with van der Waals surface area (Å²) >= 11 is 0. The number of anilines is 1. The van der Waals surface area contributed by atoms with Gasteiger partial charge in [0.2, 0.25) is 0 Å². The number of aliphatic carboxylic acids is 1. The minimum atomic E-state index is -0.747. The molecule has 6 nitrogen and oxygen atoms in total. The molecule has 3 rings (SSSR count). The number of rotatable bonds is 8. The van der Waals surface area contributed by atoms with E-state index in [1.165, 1.54) is 5.56 Å². The highest BCUT2D eigenvalue weighted by molar-refractivity contribution is 5.66. The number of hydrogen-bond acceptors (Lipinski definition) is 5. The van der Waals surface area contributed by atoms with Crippen LogP contribution in [0.3, 0.4) is 0 Å². The first kappa shape index (κ1) is 21.2. The number of carboxylic acids is 1. The number of carbonyl (C=O) groups is 1. The van der Waals surface area contributed by atoms with Crippen LogP contribution in [0.2, 0.25) is 0 Å². The van der Waals surface area contributed by atoms with Gasteiger partial charge in [0.25, 0.3) is 0 Å². The van der Waals surface area contributed by atoms with Crippen LogP contribution in [0.25, 0.3) is 0 Å². The molecule has 1 N–H and O–H groups in total. The van der Waals surface area contributed by atoms with Gasteiger partial charge in [-0.3, -0.25) is 9.69 Å². The van der Waals surface area contributed by atoms with E-state index >= 15 is 0 Å². The Bertz CT molecular complexity index is 786. The van der Waals surface area contributed by atoms with Crippen LogP contribution >= 0.6 is 0 Å². The number of hydrogen-bond donors (Lipinski definition) is 1. The zero-order chi connectivity index (χ0) is 20.8. The molecule has 29 heavy (non-hydrogen) atoms. The van der Waals surface area contributed by atoms with Crippen LogP contribution in [0.1, 0.15) is 57.3 Å². The molecular formula is C23H32N4O2. The van der Waals surface area contributed by atoms with E-state index in [0.717, 1.165) is 37.7 Å². The first-order valence-electron chi connectivity index (χ1n) is 10.5. The van der Waals surface area contributed by atoms with E-state index < -0.39 is 5.97 Å². The standard InChI is InChI=1S/C23H32N4O2/c1-17(8-7-11-22(28)29)23-24-13-12-21(25-23)27-18(2)14-26(15-19(27)3)16-20-9-5-4-6-10-20/h4-6,9-10,12-13,17-19H,7-8,11,14-16H2,1-3H3,(H,28,29)/t17?,18-,19+. The van der Waals surface area contributed by atoms with E-state index in [1.54, 1.807) is 0 Å². The zero-order valence-corrected chi connectivity index (χ0v) is 17.7. The molecule has 0 saturated carbocycles. The lowest BCUT2D eigenvalue weighted by molar-refractivity contribution is -0.137. The predicted molar refractivity (Wildman–Crippen MR) is 115 cm³/mol. The third-order valence-electron chi connectivity index (χ3n) is 5.64. The fourth-order valence-electron chi connectivity index (χ4n) is 4.29. The number of nitrogens with zero attached hydrogens (tertiary/aromatic N) is 4. The van der Waals surface area contributed by atoms with Crippen LogP contribution in [0, 0.1) is 0 Å². The minimum absolute atomic E-state index is 0.152. The third kappa shape index (κ3) is 5.76. The number of aromatic nitrogens is 2. The van der Waals surface area contributed by atoms with Gasteiger partial charge in [-0.2, -0.15) is 0 Å². The average molecular weight is 397 g/mol. The highest BCUT2D eigenvalue weighted by Crippen LogP contribution is 2.26. The summed E-state index contributed by atoms with van der Waals surface area (Å²) in [5.74, 6) is 1.18. The Balaban J connectivity index is 1.65. The normalized spacial score (nSPS) is 21.1. The lowest BCUT2D eigenvalue weighted by Gasteiger charge is -2.45. The average Bonchev–Trinajstić information content (AvgIpc) is 2.68. The van der Waals surface area contributed by atoms with Gasteiger partial charge in [0, 0.05) is 50.3 Å². The molecule has 0 radical (unpaired) electrons. The van der Waals surface area contributed by atoms with Crippen LogP contribution in [-0.2, 0) is 11.3 Å². The minimum Gasteiger partial charge on any atom is -0.481 e. The summed E-state index contributed by atoms with van der Waals surface area (Å²) in [6, 6.07) is 13.3. The smallest absolute Gasteiger partial charge is 0.303 e. The Hall–Kier alpha value is -2.47. The Morgan fingerprint density at radius 3 is 2.52 bits per heavy atom. The van der Waals surface area contributed by atoms with Crippen molar-refractivity contribution >= 4 is 11.8 Å². The van der Waals surface area contributed by atoms with Gasteiger partial charge in [0.05, 0.1) is 0 Å². The molecule has 1 fully saturated rings. The van der Waals surface area contributed by atoms with Crippen LogP contribution in [-0.4, -0.2) is 51.1 Å². The molecule has 3 atom stereocenters. The number of piperazine rings is 1. The van der Waals surface area contributed by atoms with Gasteiger partial charge >= 0.3 is 5.97 Å². The quantitative estimate of drug-likeness (QED) is 0.729. The molecule has 156 valence electrons.